The topological polar surface area (TPSA) is 48.9 Å². The summed E-state index contributed by atoms with van der Waals surface area (Å²) in [6, 6.07) is 0.613. The number of likely N-dealkylation sites (N-methyl/N-ethyl adjacent to an activating group) is 1. The highest BCUT2D eigenvalue weighted by atomic mass is 127. The number of aliphatic imine (C=N–C) groups is 1. The molecule has 154 valence electrons. The summed E-state index contributed by atoms with van der Waals surface area (Å²) in [5.74, 6) is 1.84. The summed E-state index contributed by atoms with van der Waals surface area (Å²) in [5, 5.41) is 7.03. The molecule has 2 saturated carbocycles. The number of nitrogens with zero attached hydrogens (tertiary/aromatic N) is 2. The van der Waals surface area contributed by atoms with Gasteiger partial charge >= 0.3 is 0 Å². The fourth-order valence-electron chi connectivity index (χ4n) is 4.09. The van der Waals surface area contributed by atoms with E-state index in [1.165, 1.54) is 38.5 Å². The monoisotopic (exact) mass is 480 g/mol. The van der Waals surface area contributed by atoms with Crippen LogP contribution in [0.5, 0.6) is 0 Å². The Bertz CT molecular complexity index is 405. The van der Waals surface area contributed by atoms with Crippen molar-refractivity contribution < 1.29 is 4.74 Å². The van der Waals surface area contributed by atoms with Gasteiger partial charge < -0.3 is 20.3 Å². The lowest BCUT2D eigenvalue weighted by molar-refractivity contribution is 0.107. The molecule has 0 saturated heterocycles. The van der Waals surface area contributed by atoms with Crippen LogP contribution in [0.25, 0.3) is 0 Å². The largest absolute Gasteiger partial charge is 0.382 e. The zero-order chi connectivity index (χ0) is 18.1. The van der Waals surface area contributed by atoms with Gasteiger partial charge in [-0.05, 0) is 71.4 Å². The highest BCUT2D eigenvalue weighted by Crippen LogP contribution is 2.41. The zero-order valence-electron chi connectivity index (χ0n) is 17.4. The van der Waals surface area contributed by atoms with Crippen LogP contribution >= 0.6 is 24.0 Å². The molecule has 0 heterocycles. The van der Waals surface area contributed by atoms with Crippen LogP contribution in [-0.2, 0) is 4.74 Å². The van der Waals surface area contributed by atoms with E-state index < -0.39 is 0 Å². The SMILES string of the molecule is CCNC(=NCC1(CCOCC)CCCC1)NCC(C1CC1)N(C)C.I. The number of halogens is 1. The van der Waals surface area contributed by atoms with E-state index in [1.807, 2.05) is 0 Å². The molecule has 0 spiro atoms. The average Bonchev–Trinajstić information content (AvgIpc) is 3.31. The van der Waals surface area contributed by atoms with E-state index in [0.29, 0.717) is 11.5 Å². The van der Waals surface area contributed by atoms with E-state index in [4.69, 9.17) is 9.73 Å². The summed E-state index contributed by atoms with van der Waals surface area (Å²) < 4.78 is 5.63. The quantitative estimate of drug-likeness (QED) is 0.206. The summed E-state index contributed by atoms with van der Waals surface area (Å²) in [6.45, 7) is 8.72. The number of nitrogens with one attached hydrogen (secondary N) is 2. The van der Waals surface area contributed by atoms with Crippen molar-refractivity contribution in [1.29, 1.82) is 0 Å². The maximum Gasteiger partial charge on any atom is 0.191 e. The molecule has 26 heavy (non-hydrogen) atoms. The van der Waals surface area contributed by atoms with E-state index in [2.05, 4.69) is 43.5 Å². The van der Waals surface area contributed by atoms with Gasteiger partial charge in [0.15, 0.2) is 5.96 Å². The van der Waals surface area contributed by atoms with Crippen LogP contribution in [0, 0.1) is 11.3 Å². The lowest BCUT2D eigenvalue weighted by Crippen LogP contribution is -2.46. The first-order valence-corrected chi connectivity index (χ1v) is 10.4. The Morgan fingerprint density at radius 1 is 1.19 bits per heavy atom. The van der Waals surface area contributed by atoms with Crippen LogP contribution in [-0.4, -0.2) is 63.8 Å². The first-order valence-electron chi connectivity index (χ1n) is 10.4. The van der Waals surface area contributed by atoms with Crippen molar-refractivity contribution in [2.24, 2.45) is 16.3 Å². The van der Waals surface area contributed by atoms with Gasteiger partial charge in [0.05, 0.1) is 0 Å². The van der Waals surface area contributed by atoms with Crippen LogP contribution in [0.4, 0.5) is 0 Å². The minimum Gasteiger partial charge on any atom is -0.382 e. The minimum atomic E-state index is 0. The second-order valence-electron chi connectivity index (χ2n) is 8.10. The first-order chi connectivity index (χ1) is 12.1. The standard InChI is InChI=1S/C20H40N4O.HI/c1-5-21-19(22-15-18(24(3)4)17-9-10-17)23-16-20(11-7-8-12-20)13-14-25-6-2;/h17-18H,5-16H2,1-4H3,(H2,21,22,23);1H. The van der Waals surface area contributed by atoms with E-state index in [1.54, 1.807) is 0 Å². The molecule has 2 N–H and O–H groups in total. The molecule has 0 radical (unpaired) electrons. The van der Waals surface area contributed by atoms with E-state index in [0.717, 1.165) is 51.1 Å². The van der Waals surface area contributed by atoms with Crippen LogP contribution < -0.4 is 10.6 Å². The number of hydrogen-bond donors (Lipinski definition) is 2. The van der Waals surface area contributed by atoms with Crippen molar-refractivity contribution in [1.82, 2.24) is 15.5 Å². The predicted molar refractivity (Wildman–Crippen MR) is 122 cm³/mol. The van der Waals surface area contributed by atoms with Gasteiger partial charge in [0.1, 0.15) is 0 Å². The van der Waals surface area contributed by atoms with Crippen molar-refractivity contribution in [2.45, 2.75) is 64.8 Å². The highest BCUT2D eigenvalue weighted by Gasteiger charge is 2.34. The normalized spacial score (nSPS) is 20.7. The van der Waals surface area contributed by atoms with Gasteiger partial charge in [0, 0.05) is 38.9 Å². The van der Waals surface area contributed by atoms with Crippen LogP contribution in [0.2, 0.25) is 0 Å². The molecule has 2 aliphatic rings. The smallest absolute Gasteiger partial charge is 0.191 e. The third kappa shape index (κ3) is 7.89. The van der Waals surface area contributed by atoms with Gasteiger partial charge in [-0.1, -0.05) is 12.8 Å². The first kappa shape index (κ1) is 24.0. The molecule has 2 rings (SSSR count). The molecule has 0 aromatic heterocycles. The Kier molecular flexibility index (Phi) is 11.4. The van der Waals surface area contributed by atoms with E-state index in [-0.39, 0.29) is 24.0 Å². The molecule has 0 aromatic carbocycles. The molecule has 6 heteroatoms. The Morgan fingerprint density at radius 3 is 2.42 bits per heavy atom. The lowest BCUT2D eigenvalue weighted by atomic mass is 9.83. The summed E-state index contributed by atoms with van der Waals surface area (Å²) in [6.07, 6.45) is 9.17. The average molecular weight is 480 g/mol. The Balaban J connectivity index is 0.00000338. The second kappa shape index (κ2) is 12.4. The zero-order valence-corrected chi connectivity index (χ0v) is 19.7. The van der Waals surface area contributed by atoms with Crippen molar-refractivity contribution in [3.05, 3.63) is 0 Å². The van der Waals surface area contributed by atoms with Gasteiger partial charge in [0.25, 0.3) is 0 Å². The molecule has 0 aromatic rings. The number of guanidine groups is 1. The van der Waals surface area contributed by atoms with Crippen molar-refractivity contribution in [2.75, 3.05) is 46.9 Å². The van der Waals surface area contributed by atoms with Gasteiger partial charge in [0.2, 0.25) is 0 Å². The fraction of sp³-hybridized carbons (Fsp3) is 0.950. The molecule has 5 nitrogen and oxygen atoms in total. The van der Waals surface area contributed by atoms with Gasteiger partial charge in [-0.2, -0.15) is 0 Å². The molecule has 2 fully saturated rings. The summed E-state index contributed by atoms with van der Waals surface area (Å²) in [4.78, 5) is 7.33. The summed E-state index contributed by atoms with van der Waals surface area (Å²) in [7, 11) is 4.38. The van der Waals surface area contributed by atoms with Gasteiger partial charge in [-0.3, -0.25) is 4.99 Å². The van der Waals surface area contributed by atoms with Crippen LogP contribution in [0.3, 0.4) is 0 Å². The highest BCUT2D eigenvalue weighted by molar-refractivity contribution is 14.0. The minimum absolute atomic E-state index is 0. The number of hydrogen-bond acceptors (Lipinski definition) is 3. The maximum absolute atomic E-state index is 5.63. The van der Waals surface area contributed by atoms with E-state index >= 15 is 0 Å². The molecule has 1 atom stereocenters. The molecule has 0 aliphatic heterocycles. The predicted octanol–water partition coefficient (Wildman–Crippen LogP) is 3.49. The number of ether oxygens (including phenoxy) is 1. The van der Waals surface area contributed by atoms with Gasteiger partial charge in [-0.25, -0.2) is 0 Å². The van der Waals surface area contributed by atoms with Crippen LogP contribution in [0.15, 0.2) is 4.99 Å². The van der Waals surface area contributed by atoms with Crippen molar-refractivity contribution in [3.8, 4) is 0 Å². The molecule has 0 bridgehead atoms. The molecular formula is C20H41IN4O. The fourth-order valence-corrected chi connectivity index (χ4v) is 4.09. The summed E-state index contributed by atoms with van der Waals surface area (Å²) >= 11 is 0. The summed E-state index contributed by atoms with van der Waals surface area (Å²) in [5.41, 5.74) is 0.356. The Labute approximate surface area is 178 Å². The van der Waals surface area contributed by atoms with E-state index in [9.17, 15) is 0 Å². The van der Waals surface area contributed by atoms with Crippen molar-refractivity contribution >= 4 is 29.9 Å². The molecule has 0 amide bonds. The molecular weight excluding hydrogens is 439 g/mol. The maximum atomic E-state index is 5.63. The lowest BCUT2D eigenvalue weighted by Gasteiger charge is -2.28. The third-order valence-electron chi connectivity index (χ3n) is 5.87. The van der Waals surface area contributed by atoms with Gasteiger partial charge in [-0.15, -0.1) is 24.0 Å². The third-order valence-corrected chi connectivity index (χ3v) is 5.87. The molecule has 1 unspecified atom stereocenters. The number of rotatable bonds is 11. The Hall–Kier alpha value is -0.0800. The second-order valence-corrected chi connectivity index (χ2v) is 8.10. The molecule has 2 aliphatic carbocycles. The van der Waals surface area contributed by atoms with Crippen molar-refractivity contribution in [3.63, 3.8) is 0 Å². The van der Waals surface area contributed by atoms with Crippen LogP contribution in [0.1, 0.15) is 58.8 Å². The Morgan fingerprint density at radius 2 is 1.88 bits per heavy atom.